The molecule has 2 aliphatic rings. The highest BCUT2D eigenvalue weighted by Gasteiger charge is 2.30. The van der Waals surface area contributed by atoms with Crippen LogP contribution in [0.25, 0.3) is 5.57 Å². The van der Waals surface area contributed by atoms with Crippen LogP contribution in [0.15, 0.2) is 36.4 Å². The lowest BCUT2D eigenvalue weighted by Gasteiger charge is -2.17. The molecule has 0 aromatic heterocycles. The van der Waals surface area contributed by atoms with Gasteiger partial charge >= 0.3 is 6.03 Å². The molecule has 0 saturated carbocycles. The molecule has 2 N–H and O–H groups in total. The molecule has 1 heterocycles. The summed E-state index contributed by atoms with van der Waals surface area (Å²) in [6.07, 6.45) is 5.54. The minimum atomic E-state index is -0.282. The fourth-order valence-electron chi connectivity index (χ4n) is 2.11. The maximum atomic E-state index is 13.6. The van der Waals surface area contributed by atoms with Crippen molar-refractivity contribution in [1.29, 1.82) is 0 Å². The molecule has 1 radical (unpaired) electrons. The predicted molar refractivity (Wildman–Crippen MR) is 61.6 cm³/mol. The molecule has 0 bridgehead atoms. The Hall–Kier alpha value is -2.10. The lowest BCUT2D eigenvalue weighted by molar-refractivity contribution is 0.247. The van der Waals surface area contributed by atoms with E-state index in [1.165, 1.54) is 12.1 Å². The van der Waals surface area contributed by atoms with Crippen molar-refractivity contribution in [3.8, 4) is 0 Å². The largest absolute Gasteiger partial charge is 0.330 e. The number of hydrogen-bond acceptors (Lipinski definition) is 1. The molecule has 1 saturated heterocycles. The number of rotatable bonds is 1. The Morgan fingerprint density at radius 2 is 2.12 bits per heavy atom. The van der Waals surface area contributed by atoms with Crippen molar-refractivity contribution in [1.82, 2.24) is 10.6 Å². The molecule has 0 spiro atoms. The summed E-state index contributed by atoms with van der Waals surface area (Å²) >= 11 is 0. The van der Waals surface area contributed by atoms with Crippen LogP contribution in [0, 0.1) is 11.9 Å². The lowest BCUT2D eigenvalue weighted by atomic mass is 9.94. The summed E-state index contributed by atoms with van der Waals surface area (Å²) < 4.78 is 13.6. The minimum Gasteiger partial charge on any atom is -0.330 e. The van der Waals surface area contributed by atoms with Crippen molar-refractivity contribution >= 4 is 11.6 Å². The summed E-state index contributed by atoms with van der Waals surface area (Å²) in [5.41, 5.74) is 1.27. The van der Waals surface area contributed by atoms with Crippen LogP contribution in [0.2, 0.25) is 0 Å². The van der Waals surface area contributed by atoms with Crippen LogP contribution in [0.4, 0.5) is 9.18 Å². The van der Waals surface area contributed by atoms with E-state index >= 15 is 0 Å². The first-order valence-electron chi connectivity index (χ1n) is 5.37. The van der Waals surface area contributed by atoms with E-state index in [0.29, 0.717) is 5.56 Å². The molecule has 1 aromatic carbocycles. The van der Waals surface area contributed by atoms with Crippen LogP contribution in [0.5, 0.6) is 0 Å². The van der Waals surface area contributed by atoms with Crippen LogP contribution in [-0.2, 0) is 0 Å². The van der Waals surface area contributed by atoms with Crippen molar-refractivity contribution in [2.45, 2.75) is 12.1 Å². The van der Waals surface area contributed by atoms with Gasteiger partial charge in [0, 0.05) is 5.56 Å². The first kappa shape index (κ1) is 10.1. The summed E-state index contributed by atoms with van der Waals surface area (Å²) in [4.78, 5) is 11.2. The van der Waals surface area contributed by atoms with Gasteiger partial charge < -0.3 is 10.6 Å². The SMILES string of the molecule is O=C1NC2C=CC(c3c[c]ccc3F)=CC2N1. The fraction of sp³-hybridized carbons (Fsp3) is 0.154. The number of nitrogens with one attached hydrogen (secondary N) is 2. The molecule has 1 aliphatic carbocycles. The van der Waals surface area contributed by atoms with Gasteiger partial charge in [-0.3, -0.25) is 0 Å². The first-order chi connectivity index (χ1) is 8.24. The molecule has 17 heavy (non-hydrogen) atoms. The van der Waals surface area contributed by atoms with Gasteiger partial charge in [-0.15, -0.1) is 0 Å². The number of allylic oxidation sites excluding steroid dienone is 2. The van der Waals surface area contributed by atoms with Crippen LogP contribution < -0.4 is 10.6 Å². The van der Waals surface area contributed by atoms with Gasteiger partial charge in [0.2, 0.25) is 0 Å². The maximum absolute atomic E-state index is 13.6. The summed E-state index contributed by atoms with van der Waals surface area (Å²) in [5.74, 6) is -0.282. The van der Waals surface area contributed by atoms with E-state index in [4.69, 9.17) is 0 Å². The monoisotopic (exact) mass is 229 g/mol. The van der Waals surface area contributed by atoms with Crippen molar-refractivity contribution in [2.24, 2.45) is 0 Å². The van der Waals surface area contributed by atoms with Gasteiger partial charge in [0.1, 0.15) is 5.82 Å². The second kappa shape index (κ2) is 3.73. The molecular formula is C13H10FN2O. The van der Waals surface area contributed by atoms with Crippen LogP contribution in [0.1, 0.15) is 5.56 Å². The van der Waals surface area contributed by atoms with Gasteiger partial charge in [0.25, 0.3) is 0 Å². The Labute approximate surface area is 98.0 Å². The number of amides is 2. The highest BCUT2D eigenvalue weighted by Crippen LogP contribution is 2.25. The van der Waals surface area contributed by atoms with E-state index in [2.05, 4.69) is 16.7 Å². The van der Waals surface area contributed by atoms with E-state index in [-0.39, 0.29) is 23.9 Å². The molecule has 2 atom stereocenters. The molecule has 4 heteroatoms. The molecule has 3 nitrogen and oxygen atoms in total. The second-order valence-electron chi connectivity index (χ2n) is 4.06. The Kier molecular flexibility index (Phi) is 2.21. The maximum Gasteiger partial charge on any atom is 0.315 e. The summed E-state index contributed by atoms with van der Waals surface area (Å²) in [6.45, 7) is 0. The molecule has 3 rings (SSSR count). The Morgan fingerprint density at radius 1 is 1.29 bits per heavy atom. The Bertz CT molecular complexity index is 536. The molecule has 1 aromatic rings. The highest BCUT2D eigenvalue weighted by molar-refractivity contribution is 5.83. The van der Waals surface area contributed by atoms with Gasteiger partial charge in [-0.25, -0.2) is 9.18 Å². The molecule has 2 amide bonds. The number of halogens is 1. The standard InChI is InChI=1S/C13H10FN2O/c14-10-4-2-1-3-9(10)8-5-6-11-12(7-8)16-13(17)15-11/h2-7,11-12H,(H2,15,16,17). The molecular weight excluding hydrogens is 219 g/mol. The number of urea groups is 1. The summed E-state index contributed by atoms with van der Waals surface area (Å²) in [7, 11) is 0. The van der Waals surface area contributed by atoms with E-state index in [1.807, 2.05) is 18.2 Å². The third-order valence-corrected chi connectivity index (χ3v) is 2.95. The molecule has 1 fully saturated rings. The predicted octanol–water partition coefficient (Wildman–Crippen LogP) is 1.63. The summed E-state index contributed by atoms with van der Waals surface area (Å²) in [5, 5.41) is 5.52. The number of fused-ring (bicyclic) bond motifs is 1. The first-order valence-corrected chi connectivity index (χ1v) is 5.37. The normalized spacial score (nSPS) is 25.9. The number of hydrogen-bond donors (Lipinski definition) is 2. The average Bonchev–Trinajstić information content (AvgIpc) is 2.68. The highest BCUT2D eigenvalue weighted by atomic mass is 19.1. The van der Waals surface area contributed by atoms with Gasteiger partial charge in [-0.2, -0.15) is 0 Å². The van der Waals surface area contributed by atoms with E-state index in [9.17, 15) is 9.18 Å². The minimum absolute atomic E-state index is 0.0398. The van der Waals surface area contributed by atoms with Crippen molar-refractivity contribution in [3.05, 3.63) is 53.9 Å². The third kappa shape index (κ3) is 1.71. The zero-order valence-electron chi connectivity index (χ0n) is 8.91. The van der Waals surface area contributed by atoms with Crippen LogP contribution >= 0.6 is 0 Å². The fourth-order valence-corrected chi connectivity index (χ4v) is 2.11. The molecule has 85 valence electrons. The topological polar surface area (TPSA) is 41.1 Å². The quantitative estimate of drug-likeness (QED) is 0.755. The molecule has 2 unspecified atom stereocenters. The van der Waals surface area contributed by atoms with Crippen LogP contribution in [0.3, 0.4) is 0 Å². The van der Waals surface area contributed by atoms with Gasteiger partial charge in [-0.1, -0.05) is 24.3 Å². The van der Waals surface area contributed by atoms with Gasteiger partial charge in [0.15, 0.2) is 0 Å². The van der Waals surface area contributed by atoms with Crippen molar-refractivity contribution < 1.29 is 9.18 Å². The van der Waals surface area contributed by atoms with Crippen LogP contribution in [-0.4, -0.2) is 18.1 Å². The van der Waals surface area contributed by atoms with Gasteiger partial charge in [-0.05, 0) is 23.8 Å². The second-order valence-corrected chi connectivity index (χ2v) is 4.06. The Morgan fingerprint density at radius 3 is 2.94 bits per heavy atom. The van der Waals surface area contributed by atoms with Gasteiger partial charge in [0.05, 0.1) is 12.1 Å². The molecule has 1 aliphatic heterocycles. The lowest BCUT2D eigenvalue weighted by Crippen LogP contribution is -2.31. The van der Waals surface area contributed by atoms with Crippen molar-refractivity contribution in [2.75, 3.05) is 0 Å². The van der Waals surface area contributed by atoms with E-state index < -0.39 is 0 Å². The zero-order valence-corrected chi connectivity index (χ0v) is 8.91. The van der Waals surface area contributed by atoms with Crippen molar-refractivity contribution in [3.63, 3.8) is 0 Å². The number of carbonyl (C=O) groups excluding carboxylic acids is 1. The zero-order chi connectivity index (χ0) is 11.8. The summed E-state index contributed by atoms with van der Waals surface area (Å²) in [6, 6.07) is 7.03. The van der Waals surface area contributed by atoms with E-state index in [0.717, 1.165) is 5.57 Å². The smallest absolute Gasteiger partial charge is 0.315 e. The van der Waals surface area contributed by atoms with E-state index in [1.54, 1.807) is 6.07 Å². The Balaban J connectivity index is 1.96. The third-order valence-electron chi connectivity index (χ3n) is 2.95. The average molecular weight is 229 g/mol. The number of carbonyl (C=O) groups is 1. The number of benzene rings is 1.